The normalized spacial score (nSPS) is 11.2. The zero-order valence-electron chi connectivity index (χ0n) is 12.2. The van der Waals surface area contributed by atoms with E-state index in [1.807, 2.05) is 0 Å². The topological polar surface area (TPSA) is 0 Å². The predicted molar refractivity (Wildman–Crippen MR) is 75.8 cm³/mol. The van der Waals surface area contributed by atoms with Crippen molar-refractivity contribution in [1.29, 1.82) is 0 Å². The van der Waals surface area contributed by atoms with Crippen LogP contribution in [-0.2, 0) is 0 Å². The van der Waals surface area contributed by atoms with Crippen molar-refractivity contribution in [2.24, 2.45) is 11.8 Å². The zero-order valence-corrected chi connectivity index (χ0v) is 12.2. The maximum Gasteiger partial charge on any atom is -0.0318 e. The van der Waals surface area contributed by atoms with Gasteiger partial charge in [0.1, 0.15) is 0 Å². The van der Waals surface area contributed by atoms with E-state index in [9.17, 15) is 0 Å². The minimum absolute atomic E-state index is 0.841. The van der Waals surface area contributed by atoms with E-state index in [4.69, 9.17) is 0 Å². The van der Waals surface area contributed by atoms with Gasteiger partial charge in [0.05, 0.1) is 0 Å². The first-order valence-corrected chi connectivity index (χ1v) is 7.24. The Morgan fingerprint density at radius 1 is 0.938 bits per heavy atom. The van der Waals surface area contributed by atoms with E-state index in [-0.39, 0.29) is 0 Å². The van der Waals surface area contributed by atoms with E-state index < -0.39 is 0 Å². The standard InChI is InChI=1S/C16H32/c1-6-7-8-9-16(12-10-14(2)3)13-11-15(4)5/h9,14-15H,6-8,10-13H2,1-5H3. The van der Waals surface area contributed by atoms with Gasteiger partial charge in [-0.2, -0.15) is 0 Å². The van der Waals surface area contributed by atoms with Crippen molar-refractivity contribution in [2.45, 2.75) is 79.6 Å². The first-order valence-electron chi connectivity index (χ1n) is 7.24. The molecule has 0 radical (unpaired) electrons. The van der Waals surface area contributed by atoms with Crippen LogP contribution in [0.5, 0.6) is 0 Å². The van der Waals surface area contributed by atoms with Crippen LogP contribution >= 0.6 is 0 Å². The number of unbranched alkanes of at least 4 members (excludes halogenated alkanes) is 2. The first kappa shape index (κ1) is 15.7. The van der Waals surface area contributed by atoms with Crippen LogP contribution in [-0.4, -0.2) is 0 Å². The van der Waals surface area contributed by atoms with Crippen LogP contribution in [0.1, 0.15) is 79.6 Å². The number of allylic oxidation sites excluding steroid dienone is 2. The van der Waals surface area contributed by atoms with Gasteiger partial charge in [-0.05, 0) is 43.9 Å². The van der Waals surface area contributed by atoms with Gasteiger partial charge >= 0.3 is 0 Å². The average Bonchev–Trinajstić information content (AvgIpc) is 2.21. The molecule has 0 bridgehead atoms. The van der Waals surface area contributed by atoms with Crippen molar-refractivity contribution in [3.05, 3.63) is 11.6 Å². The summed E-state index contributed by atoms with van der Waals surface area (Å²) in [6, 6.07) is 0. The van der Waals surface area contributed by atoms with Gasteiger partial charge in [0.25, 0.3) is 0 Å². The maximum absolute atomic E-state index is 2.52. The molecule has 0 aromatic carbocycles. The molecule has 0 aromatic rings. The third-order valence-electron chi connectivity index (χ3n) is 3.08. The highest BCUT2D eigenvalue weighted by Crippen LogP contribution is 2.20. The first-order chi connectivity index (χ1) is 7.56. The smallest absolute Gasteiger partial charge is 0.0318 e. The molecule has 0 heterocycles. The summed E-state index contributed by atoms with van der Waals surface area (Å²) in [6.07, 6.45) is 11.9. The highest BCUT2D eigenvalue weighted by atomic mass is 14.1. The summed E-state index contributed by atoms with van der Waals surface area (Å²) >= 11 is 0. The molecule has 0 nitrogen and oxygen atoms in total. The lowest BCUT2D eigenvalue weighted by molar-refractivity contribution is 0.543. The average molecular weight is 224 g/mol. The van der Waals surface area contributed by atoms with Crippen molar-refractivity contribution in [3.63, 3.8) is 0 Å². The monoisotopic (exact) mass is 224 g/mol. The van der Waals surface area contributed by atoms with Crippen molar-refractivity contribution < 1.29 is 0 Å². The Bertz CT molecular complexity index is 160. The van der Waals surface area contributed by atoms with E-state index in [0.717, 1.165) is 11.8 Å². The lowest BCUT2D eigenvalue weighted by Crippen LogP contribution is -1.94. The number of rotatable bonds is 9. The van der Waals surface area contributed by atoms with Crippen LogP contribution in [0.3, 0.4) is 0 Å². The third kappa shape index (κ3) is 10.3. The maximum atomic E-state index is 2.52. The molecule has 0 heteroatoms. The Hall–Kier alpha value is -0.260. The van der Waals surface area contributed by atoms with Gasteiger partial charge in [0.2, 0.25) is 0 Å². The van der Waals surface area contributed by atoms with Crippen LogP contribution in [0.15, 0.2) is 11.6 Å². The summed E-state index contributed by atoms with van der Waals surface area (Å²) < 4.78 is 0. The fourth-order valence-electron chi connectivity index (χ4n) is 1.79. The molecule has 0 fully saturated rings. The molecule has 0 unspecified atom stereocenters. The molecule has 0 rings (SSSR count). The van der Waals surface area contributed by atoms with Crippen LogP contribution in [0.4, 0.5) is 0 Å². The second-order valence-corrected chi connectivity index (χ2v) is 5.87. The van der Waals surface area contributed by atoms with Crippen molar-refractivity contribution in [3.8, 4) is 0 Å². The van der Waals surface area contributed by atoms with Gasteiger partial charge < -0.3 is 0 Å². The molecule has 0 N–H and O–H groups in total. The highest BCUT2D eigenvalue weighted by Gasteiger charge is 2.02. The van der Waals surface area contributed by atoms with E-state index in [1.165, 1.54) is 44.9 Å². The summed E-state index contributed by atoms with van der Waals surface area (Å²) in [5.41, 5.74) is 1.72. The van der Waals surface area contributed by atoms with Gasteiger partial charge in [-0.15, -0.1) is 0 Å². The minimum Gasteiger partial charge on any atom is -0.0853 e. The van der Waals surface area contributed by atoms with Crippen LogP contribution in [0.2, 0.25) is 0 Å². The van der Waals surface area contributed by atoms with Gasteiger partial charge in [-0.1, -0.05) is 59.1 Å². The molecule has 0 atom stereocenters. The summed E-state index contributed by atoms with van der Waals surface area (Å²) in [6.45, 7) is 11.6. The molecule has 0 aliphatic heterocycles. The molecule has 0 saturated heterocycles. The predicted octanol–water partition coefficient (Wildman–Crippen LogP) is 5.98. The zero-order chi connectivity index (χ0) is 12.4. The van der Waals surface area contributed by atoms with Crippen molar-refractivity contribution in [2.75, 3.05) is 0 Å². The van der Waals surface area contributed by atoms with Crippen molar-refractivity contribution in [1.82, 2.24) is 0 Å². The third-order valence-corrected chi connectivity index (χ3v) is 3.08. The molecule has 0 amide bonds. The van der Waals surface area contributed by atoms with Crippen LogP contribution in [0.25, 0.3) is 0 Å². The summed E-state index contributed by atoms with van der Waals surface area (Å²) in [5.74, 6) is 1.68. The molecule has 0 aliphatic rings. The van der Waals surface area contributed by atoms with E-state index in [0.29, 0.717) is 0 Å². The summed E-state index contributed by atoms with van der Waals surface area (Å²) in [5, 5.41) is 0. The van der Waals surface area contributed by atoms with E-state index in [1.54, 1.807) is 5.57 Å². The van der Waals surface area contributed by atoms with E-state index >= 15 is 0 Å². The Balaban J connectivity index is 3.99. The quantitative estimate of drug-likeness (QED) is 0.334. The van der Waals surface area contributed by atoms with Crippen LogP contribution < -0.4 is 0 Å². The fraction of sp³-hybridized carbons (Fsp3) is 0.875. The van der Waals surface area contributed by atoms with Gasteiger partial charge in [0, 0.05) is 0 Å². The lowest BCUT2D eigenvalue weighted by Gasteiger charge is -2.11. The van der Waals surface area contributed by atoms with Crippen molar-refractivity contribution >= 4 is 0 Å². The molecular weight excluding hydrogens is 192 g/mol. The molecule has 0 aromatic heterocycles. The van der Waals surface area contributed by atoms with Gasteiger partial charge in [-0.3, -0.25) is 0 Å². The number of hydrogen-bond donors (Lipinski definition) is 0. The lowest BCUT2D eigenvalue weighted by atomic mass is 9.95. The fourth-order valence-corrected chi connectivity index (χ4v) is 1.79. The van der Waals surface area contributed by atoms with E-state index in [2.05, 4.69) is 40.7 Å². The molecule has 0 aliphatic carbocycles. The Kier molecular flexibility index (Phi) is 9.77. The molecule has 0 saturated carbocycles. The summed E-state index contributed by atoms with van der Waals surface area (Å²) in [7, 11) is 0. The van der Waals surface area contributed by atoms with Gasteiger partial charge in [0.15, 0.2) is 0 Å². The molecular formula is C16H32. The molecule has 96 valence electrons. The number of hydrogen-bond acceptors (Lipinski definition) is 0. The Morgan fingerprint density at radius 2 is 1.44 bits per heavy atom. The summed E-state index contributed by atoms with van der Waals surface area (Å²) in [4.78, 5) is 0. The van der Waals surface area contributed by atoms with Crippen LogP contribution in [0, 0.1) is 11.8 Å². The SMILES string of the molecule is CCCCC=C(CCC(C)C)CCC(C)C. The van der Waals surface area contributed by atoms with Gasteiger partial charge in [-0.25, -0.2) is 0 Å². The molecule has 0 spiro atoms. The molecule has 16 heavy (non-hydrogen) atoms. The Morgan fingerprint density at radius 3 is 1.81 bits per heavy atom. The minimum atomic E-state index is 0.841. The Labute approximate surface area is 104 Å². The second kappa shape index (κ2) is 9.93. The largest absolute Gasteiger partial charge is 0.0853 e. The second-order valence-electron chi connectivity index (χ2n) is 5.87. The highest BCUT2D eigenvalue weighted by molar-refractivity contribution is 5.02.